The van der Waals surface area contributed by atoms with Gasteiger partial charge in [-0.2, -0.15) is 18.4 Å². The maximum absolute atomic E-state index is 14.5. The molecule has 1 aliphatic carbocycles. The molecular formula is C19H11F5N4OS. The highest BCUT2D eigenvalue weighted by Crippen LogP contribution is 2.48. The van der Waals surface area contributed by atoms with Crippen LogP contribution in [0.2, 0.25) is 0 Å². The predicted molar refractivity (Wildman–Crippen MR) is 99.5 cm³/mol. The molecule has 0 bridgehead atoms. The van der Waals surface area contributed by atoms with E-state index in [-0.39, 0.29) is 29.3 Å². The standard InChI is InChI=1S/C19H11F5N4OS/c20-12-3-1-4-14(15(12)21)28-17(30)27(16(29)18(28)5-2-6-18)10-7-11(19(22,23)24)13(8-25)26-9-10/h1,3-4,7,9H,2,5-6H2. The highest BCUT2D eigenvalue weighted by atomic mass is 32.1. The van der Waals surface area contributed by atoms with Crippen molar-refractivity contribution in [3.63, 3.8) is 0 Å². The number of pyridine rings is 1. The van der Waals surface area contributed by atoms with Gasteiger partial charge in [-0.3, -0.25) is 14.6 Å². The van der Waals surface area contributed by atoms with Crippen LogP contribution in [0.5, 0.6) is 0 Å². The zero-order chi connectivity index (χ0) is 21.8. The maximum atomic E-state index is 14.5. The molecule has 1 aliphatic heterocycles. The SMILES string of the molecule is N#Cc1ncc(N2C(=O)C3(CCC3)N(c3cccc(F)c3F)C2=S)cc1C(F)(F)F. The zero-order valence-corrected chi connectivity index (χ0v) is 15.8. The van der Waals surface area contributed by atoms with Crippen LogP contribution in [0.15, 0.2) is 30.5 Å². The van der Waals surface area contributed by atoms with Gasteiger partial charge in [0.1, 0.15) is 11.6 Å². The molecule has 2 heterocycles. The first-order valence-corrected chi connectivity index (χ1v) is 9.13. The third kappa shape index (κ3) is 2.74. The van der Waals surface area contributed by atoms with Gasteiger partial charge in [-0.05, 0) is 49.7 Å². The Labute approximate surface area is 172 Å². The quantitative estimate of drug-likeness (QED) is 0.517. The van der Waals surface area contributed by atoms with Gasteiger partial charge in [0.05, 0.1) is 23.1 Å². The van der Waals surface area contributed by atoms with Gasteiger partial charge in [0.25, 0.3) is 5.91 Å². The van der Waals surface area contributed by atoms with Crippen LogP contribution in [0.3, 0.4) is 0 Å². The third-order valence-electron chi connectivity index (χ3n) is 5.31. The fourth-order valence-corrected chi connectivity index (χ4v) is 4.19. The first-order valence-electron chi connectivity index (χ1n) is 8.72. The third-order valence-corrected chi connectivity index (χ3v) is 5.67. The van der Waals surface area contributed by atoms with Crippen molar-refractivity contribution in [2.24, 2.45) is 0 Å². The fraction of sp³-hybridized carbons (Fsp3) is 0.263. The van der Waals surface area contributed by atoms with Crippen molar-refractivity contribution in [3.8, 4) is 6.07 Å². The van der Waals surface area contributed by atoms with Crippen molar-refractivity contribution in [3.05, 3.63) is 53.4 Å². The Morgan fingerprint density at radius 2 is 1.93 bits per heavy atom. The van der Waals surface area contributed by atoms with Gasteiger partial charge in [0.15, 0.2) is 22.4 Å². The molecule has 30 heavy (non-hydrogen) atoms. The Hall–Kier alpha value is -3.13. The van der Waals surface area contributed by atoms with E-state index in [9.17, 15) is 26.7 Å². The van der Waals surface area contributed by atoms with Crippen molar-refractivity contribution >= 4 is 34.6 Å². The number of anilines is 2. The Bertz CT molecular complexity index is 1120. The number of benzene rings is 1. The molecule has 2 aromatic rings. The largest absolute Gasteiger partial charge is 0.419 e. The molecule has 1 aromatic carbocycles. The van der Waals surface area contributed by atoms with Crippen LogP contribution in [-0.4, -0.2) is 21.5 Å². The number of aromatic nitrogens is 1. The topological polar surface area (TPSA) is 60.2 Å². The first-order chi connectivity index (χ1) is 14.1. The summed E-state index contributed by atoms with van der Waals surface area (Å²) in [7, 11) is 0. The molecule has 11 heteroatoms. The van der Waals surface area contributed by atoms with Crippen molar-refractivity contribution in [2.45, 2.75) is 31.0 Å². The minimum Gasteiger partial charge on any atom is -0.300 e. The fourth-order valence-electron chi connectivity index (χ4n) is 3.73. The van der Waals surface area contributed by atoms with E-state index >= 15 is 0 Å². The van der Waals surface area contributed by atoms with E-state index in [1.807, 2.05) is 0 Å². The van der Waals surface area contributed by atoms with E-state index in [0.717, 1.165) is 22.1 Å². The number of alkyl halides is 3. The molecule has 0 N–H and O–H groups in total. The molecule has 5 nitrogen and oxygen atoms in total. The molecule has 0 radical (unpaired) electrons. The van der Waals surface area contributed by atoms with Crippen molar-refractivity contribution in [1.29, 1.82) is 5.26 Å². The summed E-state index contributed by atoms with van der Waals surface area (Å²) in [6.45, 7) is 0. The minimum absolute atomic E-state index is 0.270. The summed E-state index contributed by atoms with van der Waals surface area (Å²) in [5, 5.41) is 8.63. The van der Waals surface area contributed by atoms with Crippen LogP contribution in [0, 0.1) is 23.0 Å². The van der Waals surface area contributed by atoms with Gasteiger partial charge < -0.3 is 0 Å². The van der Waals surface area contributed by atoms with Gasteiger partial charge in [-0.15, -0.1) is 0 Å². The van der Waals surface area contributed by atoms with Gasteiger partial charge in [0.2, 0.25) is 0 Å². The highest BCUT2D eigenvalue weighted by molar-refractivity contribution is 7.81. The molecule has 1 saturated carbocycles. The van der Waals surface area contributed by atoms with Gasteiger partial charge in [-0.1, -0.05) is 6.07 Å². The van der Waals surface area contributed by atoms with Crippen molar-refractivity contribution in [2.75, 3.05) is 9.80 Å². The molecule has 4 rings (SSSR count). The van der Waals surface area contributed by atoms with Crippen molar-refractivity contribution < 1.29 is 26.7 Å². The molecule has 1 saturated heterocycles. The minimum atomic E-state index is -4.89. The van der Waals surface area contributed by atoms with Gasteiger partial charge >= 0.3 is 6.18 Å². The second-order valence-corrected chi connectivity index (χ2v) is 7.28. The number of nitrogens with zero attached hydrogens (tertiary/aromatic N) is 4. The van der Waals surface area contributed by atoms with Crippen LogP contribution in [0.1, 0.15) is 30.5 Å². The van der Waals surface area contributed by atoms with Crippen LogP contribution in [0.4, 0.5) is 33.3 Å². The molecular weight excluding hydrogens is 427 g/mol. The molecule has 154 valence electrons. The lowest BCUT2D eigenvalue weighted by Gasteiger charge is -2.43. The van der Waals surface area contributed by atoms with Crippen LogP contribution in [-0.2, 0) is 11.0 Å². The number of carbonyl (C=O) groups excluding carboxylic acids is 1. The maximum Gasteiger partial charge on any atom is 0.419 e. The number of halogens is 5. The number of amides is 1. The Morgan fingerprint density at radius 1 is 1.23 bits per heavy atom. The van der Waals surface area contributed by atoms with E-state index in [0.29, 0.717) is 12.5 Å². The molecule has 2 aliphatic rings. The van der Waals surface area contributed by atoms with Gasteiger partial charge in [-0.25, -0.2) is 13.8 Å². The number of hydrogen-bond acceptors (Lipinski definition) is 4. The van der Waals surface area contributed by atoms with E-state index in [1.165, 1.54) is 18.2 Å². The summed E-state index contributed by atoms with van der Waals surface area (Å²) < 4.78 is 68.3. The van der Waals surface area contributed by atoms with E-state index in [4.69, 9.17) is 17.5 Å². The second-order valence-electron chi connectivity index (χ2n) is 6.92. The highest BCUT2D eigenvalue weighted by Gasteiger charge is 2.60. The smallest absolute Gasteiger partial charge is 0.300 e. The second kappa shape index (κ2) is 6.70. The Morgan fingerprint density at radius 3 is 2.50 bits per heavy atom. The molecule has 1 amide bonds. The van der Waals surface area contributed by atoms with Crippen LogP contribution >= 0.6 is 12.2 Å². The number of rotatable bonds is 2. The summed E-state index contributed by atoms with van der Waals surface area (Å²) in [5.74, 6) is -3.01. The predicted octanol–water partition coefficient (Wildman–Crippen LogP) is 4.31. The average Bonchev–Trinajstić information content (AvgIpc) is 2.90. The monoisotopic (exact) mass is 438 g/mol. The van der Waals surface area contributed by atoms with Gasteiger partial charge in [0, 0.05) is 0 Å². The Kier molecular flexibility index (Phi) is 4.50. The first kappa shape index (κ1) is 20.2. The lowest BCUT2D eigenvalue weighted by molar-refractivity contribution is -0.138. The normalized spacial score (nSPS) is 18.0. The average molecular weight is 438 g/mol. The van der Waals surface area contributed by atoms with E-state index < -0.39 is 40.5 Å². The lowest BCUT2D eigenvalue weighted by atomic mass is 9.75. The summed E-state index contributed by atoms with van der Waals surface area (Å²) in [5.41, 5.74) is -4.06. The summed E-state index contributed by atoms with van der Waals surface area (Å²) in [6, 6.07) is 5.37. The number of carbonyl (C=O) groups is 1. The molecule has 1 spiro atoms. The molecule has 1 aromatic heterocycles. The number of nitriles is 1. The molecule has 0 atom stereocenters. The van der Waals surface area contributed by atoms with E-state index in [2.05, 4.69) is 4.98 Å². The molecule has 0 unspecified atom stereocenters. The Balaban J connectivity index is 1.86. The van der Waals surface area contributed by atoms with Crippen LogP contribution < -0.4 is 9.80 Å². The van der Waals surface area contributed by atoms with Crippen molar-refractivity contribution in [1.82, 2.24) is 4.98 Å². The summed E-state index contributed by atoms with van der Waals surface area (Å²) >= 11 is 5.32. The van der Waals surface area contributed by atoms with E-state index in [1.54, 1.807) is 0 Å². The summed E-state index contributed by atoms with van der Waals surface area (Å²) in [6.07, 6.45) is -2.81. The molecule has 2 fully saturated rings. The number of hydrogen-bond donors (Lipinski definition) is 0. The lowest BCUT2D eigenvalue weighted by Crippen LogP contribution is -2.55. The summed E-state index contributed by atoms with van der Waals surface area (Å²) in [4.78, 5) is 18.7. The zero-order valence-electron chi connectivity index (χ0n) is 15.0. The number of thiocarbonyl (C=S) groups is 1. The van der Waals surface area contributed by atoms with Crippen LogP contribution in [0.25, 0.3) is 0 Å².